The van der Waals surface area contributed by atoms with E-state index in [2.05, 4.69) is 64.1 Å². The molecule has 2 aromatic carbocycles. The van der Waals surface area contributed by atoms with Crippen LogP contribution in [0, 0.1) is 6.92 Å². The van der Waals surface area contributed by atoms with Gasteiger partial charge in [0.1, 0.15) is 0 Å². The third-order valence-corrected chi connectivity index (χ3v) is 3.71. The highest BCUT2D eigenvalue weighted by Crippen LogP contribution is 2.31. The van der Waals surface area contributed by atoms with Crippen molar-refractivity contribution in [3.63, 3.8) is 0 Å². The average molecular weight is 258 g/mol. The summed E-state index contributed by atoms with van der Waals surface area (Å²) in [4.78, 5) is 4.45. The van der Waals surface area contributed by atoms with Crippen LogP contribution in [0.5, 0.6) is 0 Å². The summed E-state index contributed by atoms with van der Waals surface area (Å²) in [6.45, 7) is 2.03. The Morgan fingerprint density at radius 2 is 1.55 bits per heavy atom. The Labute approximate surface area is 117 Å². The molecule has 20 heavy (non-hydrogen) atoms. The normalized spacial score (nSPS) is 11.2. The summed E-state index contributed by atoms with van der Waals surface area (Å²) in [5.74, 6) is 0. The van der Waals surface area contributed by atoms with E-state index >= 15 is 0 Å². The molecule has 0 unspecified atom stereocenters. The maximum atomic E-state index is 4.45. The third kappa shape index (κ3) is 1.55. The highest BCUT2D eigenvalue weighted by atomic mass is 15.0. The van der Waals surface area contributed by atoms with Crippen LogP contribution in [0.1, 0.15) is 5.69 Å². The number of fused-ring (bicyclic) bond motifs is 3. The number of nitrogens with zero attached hydrogens (tertiary/aromatic N) is 2. The van der Waals surface area contributed by atoms with Gasteiger partial charge in [-0.05, 0) is 31.2 Å². The summed E-state index contributed by atoms with van der Waals surface area (Å²) in [5, 5.41) is 2.45. The second-order valence-corrected chi connectivity index (χ2v) is 5.03. The average Bonchev–Trinajstić information content (AvgIpc) is 2.81. The molecule has 0 amide bonds. The van der Waals surface area contributed by atoms with Gasteiger partial charge in [-0.3, -0.25) is 4.98 Å². The number of hydrogen-bond donors (Lipinski definition) is 0. The molecule has 2 heterocycles. The lowest BCUT2D eigenvalue weighted by molar-refractivity contribution is 1.16. The van der Waals surface area contributed by atoms with Crippen molar-refractivity contribution in [2.24, 2.45) is 0 Å². The Hall–Kier alpha value is -2.61. The molecule has 0 N–H and O–H groups in total. The Morgan fingerprint density at radius 3 is 2.40 bits per heavy atom. The number of aryl methyl sites for hydroxylation is 1. The molecule has 0 spiro atoms. The summed E-state index contributed by atoms with van der Waals surface area (Å²) in [6.07, 6.45) is 1.98. The largest absolute Gasteiger partial charge is 0.309 e. The summed E-state index contributed by atoms with van der Waals surface area (Å²) >= 11 is 0. The molecule has 2 heteroatoms. The Morgan fingerprint density at radius 1 is 0.800 bits per heavy atom. The summed E-state index contributed by atoms with van der Waals surface area (Å²) in [7, 11) is 0. The molecule has 96 valence electrons. The molecule has 2 aromatic heterocycles. The van der Waals surface area contributed by atoms with Gasteiger partial charge in [0.05, 0.1) is 11.0 Å². The maximum absolute atomic E-state index is 4.45. The van der Waals surface area contributed by atoms with E-state index in [0.717, 1.165) is 5.69 Å². The number of hydrogen-bond acceptors (Lipinski definition) is 1. The molecule has 0 aliphatic carbocycles. The van der Waals surface area contributed by atoms with E-state index in [-0.39, 0.29) is 0 Å². The first-order valence-electron chi connectivity index (χ1n) is 6.76. The van der Waals surface area contributed by atoms with Crippen LogP contribution in [0.4, 0.5) is 0 Å². The van der Waals surface area contributed by atoms with Gasteiger partial charge in [-0.25, -0.2) is 0 Å². The van der Waals surface area contributed by atoms with Gasteiger partial charge < -0.3 is 4.57 Å². The van der Waals surface area contributed by atoms with E-state index in [4.69, 9.17) is 0 Å². The Kier molecular flexibility index (Phi) is 2.36. The van der Waals surface area contributed by atoms with Crippen LogP contribution in [0.3, 0.4) is 0 Å². The highest BCUT2D eigenvalue weighted by Gasteiger charge is 2.11. The van der Waals surface area contributed by atoms with Crippen molar-refractivity contribution in [1.82, 2.24) is 9.55 Å². The smallest absolute Gasteiger partial charge is 0.0574 e. The first kappa shape index (κ1) is 11.2. The standard InChI is InChI=1S/C18H14N2/c1-13-11-18-16(12-19-13)15-9-5-6-10-17(15)20(18)14-7-3-2-4-8-14/h2-12H,1H3. The Balaban J connectivity index is 2.23. The van der Waals surface area contributed by atoms with Crippen molar-refractivity contribution in [3.05, 3.63) is 72.6 Å². The van der Waals surface area contributed by atoms with E-state index in [1.807, 2.05) is 19.2 Å². The minimum atomic E-state index is 1.04. The van der Waals surface area contributed by atoms with Crippen molar-refractivity contribution in [2.45, 2.75) is 6.92 Å². The molecule has 0 fully saturated rings. The molecule has 0 saturated carbocycles. The van der Waals surface area contributed by atoms with E-state index in [1.54, 1.807) is 0 Å². The molecule has 0 saturated heterocycles. The zero-order valence-electron chi connectivity index (χ0n) is 11.2. The van der Waals surface area contributed by atoms with Crippen molar-refractivity contribution >= 4 is 21.8 Å². The summed E-state index contributed by atoms with van der Waals surface area (Å²) < 4.78 is 2.30. The van der Waals surface area contributed by atoms with Crippen LogP contribution in [-0.4, -0.2) is 9.55 Å². The molecule has 4 aromatic rings. The third-order valence-electron chi connectivity index (χ3n) is 3.71. The highest BCUT2D eigenvalue weighted by molar-refractivity contribution is 6.08. The number of aromatic nitrogens is 2. The second kappa shape index (κ2) is 4.20. The first-order chi connectivity index (χ1) is 9.84. The molecular weight excluding hydrogens is 244 g/mol. The van der Waals surface area contributed by atoms with Gasteiger partial charge in [0.15, 0.2) is 0 Å². The van der Waals surface area contributed by atoms with Gasteiger partial charge in [-0.2, -0.15) is 0 Å². The summed E-state index contributed by atoms with van der Waals surface area (Å²) in [5.41, 5.74) is 4.66. The number of para-hydroxylation sites is 2. The fourth-order valence-corrected chi connectivity index (χ4v) is 2.82. The number of pyridine rings is 1. The van der Waals surface area contributed by atoms with Gasteiger partial charge in [0.25, 0.3) is 0 Å². The minimum absolute atomic E-state index is 1.04. The van der Waals surface area contributed by atoms with Crippen LogP contribution >= 0.6 is 0 Å². The van der Waals surface area contributed by atoms with Gasteiger partial charge >= 0.3 is 0 Å². The van der Waals surface area contributed by atoms with E-state index in [9.17, 15) is 0 Å². The van der Waals surface area contributed by atoms with Gasteiger partial charge in [0.2, 0.25) is 0 Å². The van der Waals surface area contributed by atoms with Crippen LogP contribution in [0.15, 0.2) is 66.9 Å². The quantitative estimate of drug-likeness (QED) is 0.492. The second-order valence-electron chi connectivity index (χ2n) is 5.03. The van der Waals surface area contributed by atoms with Gasteiger partial charge in [-0.1, -0.05) is 36.4 Å². The van der Waals surface area contributed by atoms with Crippen LogP contribution in [0.25, 0.3) is 27.5 Å². The minimum Gasteiger partial charge on any atom is -0.309 e. The molecular formula is C18H14N2. The number of rotatable bonds is 1. The van der Waals surface area contributed by atoms with Gasteiger partial charge in [-0.15, -0.1) is 0 Å². The SMILES string of the molecule is Cc1cc2c(cn1)c1ccccc1n2-c1ccccc1. The zero-order valence-corrected chi connectivity index (χ0v) is 11.2. The molecule has 0 atom stereocenters. The van der Waals surface area contributed by atoms with E-state index < -0.39 is 0 Å². The molecule has 0 aliphatic rings. The molecule has 0 bridgehead atoms. The van der Waals surface area contributed by atoms with Crippen molar-refractivity contribution in [2.75, 3.05) is 0 Å². The fraction of sp³-hybridized carbons (Fsp3) is 0.0556. The molecule has 0 radical (unpaired) electrons. The van der Waals surface area contributed by atoms with Crippen molar-refractivity contribution in [3.8, 4) is 5.69 Å². The summed E-state index contributed by atoms with van der Waals surface area (Å²) in [6, 6.07) is 21.1. The van der Waals surface area contributed by atoms with Crippen molar-refractivity contribution < 1.29 is 0 Å². The Bertz CT molecular complexity index is 905. The van der Waals surface area contributed by atoms with E-state index in [0.29, 0.717) is 0 Å². The maximum Gasteiger partial charge on any atom is 0.0574 e. The van der Waals surface area contributed by atoms with Crippen LogP contribution in [-0.2, 0) is 0 Å². The topological polar surface area (TPSA) is 17.8 Å². The lowest BCUT2D eigenvalue weighted by Crippen LogP contribution is -1.93. The zero-order chi connectivity index (χ0) is 13.5. The van der Waals surface area contributed by atoms with Gasteiger partial charge in [0, 0.05) is 28.4 Å². The predicted molar refractivity (Wildman–Crippen MR) is 83.3 cm³/mol. The lowest BCUT2D eigenvalue weighted by atomic mass is 10.2. The number of benzene rings is 2. The molecule has 2 nitrogen and oxygen atoms in total. The lowest BCUT2D eigenvalue weighted by Gasteiger charge is -2.07. The van der Waals surface area contributed by atoms with E-state index in [1.165, 1.54) is 27.5 Å². The monoisotopic (exact) mass is 258 g/mol. The molecule has 4 rings (SSSR count). The van der Waals surface area contributed by atoms with Crippen LogP contribution in [0.2, 0.25) is 0 Å². The predicted octanol–water partition coefficient (Wildman–Crippen LogP) is 4.49. The first-order valence-corrected chi connectivity index (χ1v) is 6.76. The van der Waals surface area contributed by atoms with Crippen molar-refractivity contribution in [1.29, 1.82) is 0 Å². The van der Waals surface area contributed by atoms with Crippen LogP contribution < -0.4 is 0 Å². The molecule has 0 aliphatic heterocycles. The fourth-order valence-electron chi connectivity index (χ4n) is 2.82.